The highest BCUT2D eigenvalue weighted by atomic mass is 16.5. The summed E-state index contributed by atoms with van der Waals surface area (Å²) < 4.78 is 5.25. The molecule has 13 heavy (non-hydrogen) atoms. The van der Waals surface area contributed by atoms with Gasteiger partial charge in [0, 0.05) is 0 Å². The predicted molar refractivity (Wildman–Crippen MR) is 50.9 cm³/mol. The molecule has 0 saturated carbocycles. The molecule has 2 rings (SSSR count). The maximum atomic E-state index is 9.73. The van der Waals surface area contributed by atoms with Gasteiger partial charge in [-0.2, -0.15) is 0 Å². The Kier molecular flexibility index (Phi) is 2.23. The van der Waals surface area contributed by atoms with E-state index in [2.05, 4.69) is 0 Å². The van der Waals surface area contributed by atoms with Crippen LogP contribution in [-0.2, 0) is 6.42 Å². The zero-order valence-electron chi connectivity index (χ0n) is 7.79. The molecular formula is C11H14O2. The van der Waals surface area contributed by atoms with Gasteiger partial charge >= 0.3 is 0 Å². The topological polar surface area (TPSA) is 29.5 Å². The number of fused-ring (bicyclic) bond motifs is 1. The molecule has 0 radical (unpaired) electrons. The van der Waals surface area contributed by atoms with Crippen molar-refractivity contribution >= 4 is 0 Å². The first-order chi connectivity index (χ1) is 6.33. The minimum atomic E-state index is -0.293. The smallest absolute Gasteiger partial charge is 0.122 e. The van der Waals surface area contributed by atoms with E-state index in [0.29, 0.717) is 0 Å². The second kappa shape index (κ2) is 3.38. The van der Waals surface area contributed by atoms with E-state index < -0.39 is 0 Å². The lowest BCUT2D eigenvalue weighted by Gasteiger charge is -2.22. The van der Waals surface area contributed by atoms with Gasteiger partial charge in [0.15, 0.2) is 0 Å². The molecule has 0 amide bonds. The molecule has 2 heteroatoms. The maximum Gasteiger partial charge on any atom is 0.122 e. The van der Waals surface area contributed by atoms with Crippen LogP contribution in [0, 0.1) is 0 Å². The van der Waals surface area contributed by atoms with Crippen LogP contribution in [0.2, 0.25) is 0 Å². The van der Waals surface area contributed by atoms with Crippen LogP contribution in [0.3, 0.4) is 0 Å². The van der Waals surface area contributed by atoms with Crippen molar-refractivity contribution in [2.24, 2.45) is 0 Å². The van der Waals surface area contributed by atoms with Crippen molar-refractivity contribution in [3.63, 3.8) is 0 Å². The van der Waals surface area contributed by atoms with Gasteiger partial charge < -0.3 is 9.84 Å². The number of ether oxygens (including phenoxy) is 1. The molecule has 1 atom stereocenters. The van der Waals surface area contributed by atoms with Crippen LogP contribution in [0.15, 0.2) is 18.2 Å². The Hall–Kier alpha value is -1.02. The summed E-state index contributed by atoms with van der Waals surface area (Å²) in [6.45, 7) is 0. The number of methoxy groups -OCH3 is 1. The second-order valence-electron chi connectivity index (χ2n) is 3.44. The zero-order valence-corrected chi connectivity index (χ0v) is 7.79. The van der Waals surface area contributed by atoms with Crippen LogP contribution in [0.5, 0.6) is 5.75 Å². The lowest BCUT2D eigenvalue weighted by Crippen LogP contribution is -2.10. The first-order valence-corrected chi connectivity index (χ1v) is 4.67. The van der Waals surface area contributed by atoms with E-state index in [1.807, 2.05) is 18.2 Å². The quantitative estimate of drug-likeness (QED) is 0.713. The summed E-state index contributed by atoms with van der Waals surface area (Å²) in [7, 11) is 1.68. The van der Waals surface area contributed by atoms with E-state index in [-0.39, 0.29) is 6.10 Å². The van der Waals surface area contributed by atoms with Gasteiger partial charge in [-0.15, -0.1) is 0 Å². The van der Waals surface area contributed by atoms with Gasteiger partial charge in [-0.3, -0.25) is 0 Å². The monoisotopic (exact) mass is 178 g/mol. The number of hydrogen-bond acceptors (Lipinski definition) is 2. The van der Waals surface area contributed by atoms with Crippen molar-refractivity contribution in [2.45, 2.75) is 25.4 Å². The molecule has 1 aliphatic rings. The average Bonchev–Trinajstić information content (AvgIpc) is 2.18. The fourth-order valence-corrected chi connectivity index (χ4v) is 1.98. The van der Waals surface area contributed by atoms with Gasteiger partial charge in [0.2, 0.25) is 0 Å². The molecule has 0 aliphatic heterocycles. The fraction of sp³-hybridized carbons (Fsp3) is 0.455. The number of aliphatic hydroxyl groups is 1. The van der Waals surface area contributed by atoms with Gasteiger partial charge in [-0.1, -0.05) is 12.1 Å². The fourth-order valence-electron chi connectivity index (χ4n) is 1.98. The van der Waals surface area contributed by atoms with Crippen molar-refractivity contribution in [1.82, 2.24) is 0 Å². The molecule has 0 saturated heterocycles. The molecule has 2 nitrogen and oxygen atoms in total. The number of rotatable bonds is 1. The average molecular weight is 178 g/mol. The minimum Gasteiger partial charge on any atom is -0.496 e. The molecule has 0 bridgehead atoms. The Morgan fingerprint density at radius 1 is 1.46 bits per heavy atom. The second-order valence-corrected chi connectivity index (χ2v) is 3.44. The highest BCUT2D eigenvalue weighted by molar-refractivity contribution is 5.42. The molecule has 0 spiro atoms. The third kappa shape index (κ3) is 1.42. The molecule has 1 N–H and O–H groups in total. The highest BCUT2D eigenvalue weighted by Gasteiger charge is 2.20. The van der Waals surface area contributed by atoms with Crippen molar-refractivity contribution in [1.29, 1.82) is 0 Å². The van der Waals surface area contributed by atoms with Gasteiger partial charge in [0.25, 0.3) is 0 Å². The van der Waals surface area contributed by atoms with E-state index >= 15 is 0 Å². The lowest BCUT2D eigenvalue weighted by atomic mass is 9.89. The van der Waals surface area contributed by atoms with Gasteiger partial charge in [0.1, 0.15) is 5.75 Å². The lowest BCUT2D eigenvalue weighted by molar-refractivity contribution is 0.155. The zero-order chi connectivity index (χ0) is 9.26. The molecule has 0 aromatic heterocycles. The van der Waals surface area contributed by atoms with Crippen LogP contribution in [0.1, 0.15) is 30.1 Å². The number of hydrogen-bond donors (Lipinski definition) is 1. The normalized spacial score (nSPS) is 20.9. The minimum absolute atomic E-state index is 0.293. The van der Waals surface area contributed by atoms with Crippen LogP contribution in [0.25, 0.3) is 0 Å². The molecule has 1 aromatic carbocycles. The molecule has 1 aromatic rings. The maximum absolute atomic E-state index is 9.73. The van der Waals surface area contributed by atoms with Crippen molar-refractivity contribution < 1.29 is 9.84 Å². The largest absolute Gasteiger partial charge is 0.496 e. The summed E-state index contributed by atoms with van der Waals surface area (Å²) in [4.78, 5) is 0. The Labute approximate surface area is 78.2 Å². The summed E-state index contributed by atoms with van der Waals surface area (Å²) in [5.41, 5.74) is 2.23. The third-order valence-electron chi connectivity index (χ3n) is 2.65. The van der Waals surface area contributed by atoms with E-state index in [1.165, 1.54) is 5.56 Å². The molecule has 0 heterocycles. The molecule has 0 unspecified atom stereocenters. The van der Waals surface area contributed by atoms with Crippen molar-refractivity contribution in [3.8, 4) is 5.75 Å². The van der Waals surface area contributed by atoms with Gasteiger partial charge in [-0.05, 0) is 36.5 Å². The summed E-state index contributed by atoms with van der Waals surface area (Å²) >= 11 is 0. The Morgan fingerprint density at radius 2 is 2.31 bits per heavy atom. The highest BCUT2D eigenvalue weighted by Crippen LogP contribution is 2.34. The van der Waals surface area contributed by atoms with Crippen LogP contribution < -0.4 is 4.74 Å². The van der Waals surface area contributed by atoms with Gasteiger partial charge in [-0.25, -0.2) is 0 Å². The molecule has 1 aliphatic carbocycles. The predicted octanol–water partition coefficient (Wildman–Crippen LogP) is 2.06. The van der Waals surface area contributed by atoms with Gasteiger partial charge in [0.05, 0.1) is 13.2 Å². The first-order valence-electron chi connectivity index (χ1n) is 4.67. The van der Waals surface area contributed by atoms with E-state index in [0.717, 1.165) is 30.6 Å². The molecule has 70 valence electrons. The van der Waals surface area contributed by atoms with E-state index in [9.17, 15) is 5.11 Å². The SMILES string of the molecule is COc1cccc2c1CCC[C@@H]2O. The summed E-state index contributed by atoms with van der Waals surface area (Å²) in [5, 5.41) is 9.73. The van der Waals surface area contributed by atoms with Crippen LogP contribution in [0.4, 0.5) is 0 Å². The Bertz CT molecular complexity index is 307. The Morgan fingerprint density at radius 3 is 3.08 bits per heavy atom. The van der Waals surface area contributed by atoms with E-state index in [1.54, 1.807) is 7.11 Å². The third-order valence-corrected chi connectivity index (χ3v) is 2.65. The summed E-state index contributed by atoms with van der Waals surface area (Å²) in [6.07, 6.45) is 2.66. The Balaban J connectivity index is 2.48. The van der Waals surface area contributed by atoms with Crippen molar-refractivity contribution in [2.75, 3.05) is 7.11 Å². The van der Waals surface area contributed by atoms with Crippen molar-refractivity contribution in [3.05, 3.63) is 29.3 Å². The standard InChI is InChI=1S/C11H14O2/c1-13-11-7-3-4-8-9(11)5-2-6-10(8)12/h3-4,7,10,12H,2,5-6H2,1H3/t10-/m0/s1. The molecular weight excluding hydrogens is 164 g/mol. The van der Waals surface area contributed by atoms with Crippen LogP contribution >= 0.6 is 0 Å². The first kappa shape index (κ1) is 8.57. The number of benzene rings is 1. The van der Waals surface area contributed by atoms with E-state index in [4.69, 9.17) is 4.74 Å². The summed E-state index contributed by atoms with van der Waals surface area (Å²) in [6, 6.07) is 5.88. The number of aliphatic hydroxyl groups excluding tert-OH is 1. The van der Waals surface area contributed by atoms with Crippen LogP contribution in [-0.4, -0.2) is 12.2 Å². The molecule has 0 fully saturated rings. The summed E-state index contributed by atoms with van der Waals surface area (Å²) in [5.74, 6) is 0.913.